The number of nitrogens with one attached hydrogen (secondary N) is 1. The van der Waals surface area contributed by atoms with Gasteiger partial charge in [0.05, 0.1) is 9.26 Å². The fourth-order valence-electron chi connectivity index (χ4n) is 1.05. The number of hydrogen-bond acceptors (Lipinski definition) is 1. The van der Waals surface area contributed by atoms with Crippen molar-refractivity contribution in [2.45, 2.75) is 12.8 Å². The first kappa shape index (κ1) is 12.2. The second-order valence-corrected chi connectivity index (χ2v) is 4.06. The molecular formula is C11H11FINO. The van der Waals surface area contributed by atoms with Gasteiger partial charge in [-0.15, -0.1) is 6.58 Å². The van der Waals surface area contributed by atoms with Crippen LogP contribution in [0.1, 0.15) is 12.8 Å². The standard InChI is InChI=1S/C11H11FINO/c1-2-3-7-10(15)14-9-6-4-5-8(12)11(9)13/h2,4-6H,1,3,7H2,(H,14,15). The molecule has 0 fully saturated rings. The highest BCUT2D eigenvalue weighted by Crippen LogP contribution is 2.20. The summed E-state index contributed by atoms with van der Waals surface area (Å²) in [6.45, 7) is 3.53. The van der Waals surface area contributed by atoms with Crippen LogP contribution in [0.3, 0.4) is 0 Å². The van der Waals surface area contributed by atoms with E-state index in [9.17, 15) is 9.18 Å². The summed E-state index contributed by atoms with van der Waals surface area (Å²) in [5.74, 6) is -0.449. The highest BCUT2D eigenvalue weighted by Gasteiger charge is 2.07. The van der Waals surface area contributed by atoms with Gasteiger partial charge >= 0.3 is 0 Å². The van der Waals surface area contributed by atoms with Gasteiger partial charge in [-0.05, 0) is 41.1 Å². The summed E-state index contributed by atoms with van der Waals surface area (Å²) >= 11 is 1.87. The van der Waals surface area contributed by atoms with Gasteiger partial charge in [-0.2, -0.15) is 0 Å². The lowest BCUT2D eigenvalue weighted by Gasteiger charge is -2.06. The zero-order valence-corrected chi connectivity index (χ0v) is 10.3. The van der Waals surface area contributed by atoms with Gasteiger partial charge in [0.15, 0.2) is 0 Å². The summed E-state index contributed by atoms with van der Waals surface area (Å²) in [6, 6.07) is 4.61. The normalized spacial score (nSPS) is 9.73. The lowest BCUT2D eigenvalue weighted by Crippen LogP contribution is -2.12. The van der Waals surface area contributed by atoms with Crippen molar-refractivity contribution in [3.63, 3.8) is 0 Å². The van der Waals surface area contributed by atoms with E-state index >= 15 is 0 Å². The number of benzene rings is 1. The van der Waals surface area contributed by atoms with Gasteiger partial charge in [0.25, 0.3) is 0 Å². The van der Waals surface area contributed by atoms with Crippen LogP contribution >= 0.6 is 22.6 Å². The van der Waals surface area contributed by atoms with Crippen molar-refractivity contribution >= 4 is 34.2 Å². The van der Waals surface area contributed by atoms with E-state index in [0.29, 0.717) is 22.1 Å². The van der Waals surface area contributed by atoms with Crippen molar-refractivity contribution in [2.24, 2.45) is 0 Å². The molecule has 1 amide bonds. The first-order chi connectivity index (χ1) is 7.15. The fraction of sp³-hybridized carbons (Fsp3) is 0.182. The minimum atomic E-state index is -0.322. The molecule has 0 heterocycles. The van der Waals surface area contributed by atoms with Crippen molar-refractivity contribution in [3.05, 3.63) is 40.2 Å². The van der Waals surface area contributed by atoms with Gasteiger partial charge in [0, 0.05) is 6.42 Å². The van der Waals surface area contributed by atoms with E-state index in [2.05, 4.69) is 11.9 Å². The van der Waals surface area contributed by atoms with Crippen molar-refractivity contribution in [2.75, 3.05) is 5.32 Å². The Kier molecular flexibility index (Phi) is 4.74. The molecule has 4 heteroatoms. The molecule has 1 aromatic rings. The highest BCUT2D eigenvalue weighted by atomic mass is 127. The van der Waals surface area contributed by atoms with E-state index in [0.717, 1.165) is 0 Å². The van der Waals surface area contributed by atoms with Crippen molar-refractivity contribution in [1.82, 2.24) is 0 Å². The summed E-state index contributed by atoms with van der Waals surface area (Å²) in [4.78, 5) is 11.4. The Bertz CT molecular complexity index is 379. The molecule has 0 unspecified atom stereocenters. The van der Waals surface area contributed by atoms with Crippen LogP contribution in [0, 0.1) is 9.39 Å². The minimum Gasteiger partial charge on any atom is -0.325 e. The molecule has 1 rings (SSSR count). The molecule has 0 aliphatic carbocycles. The second-order valence-electron chi connectivity index (χ2n) is 2.98. The average molecular weight is 319 g/mol. The molecule has 0 spiro atoms. The number of carbonyl (C=O) groups is 1. The SMILES string of the molecule is C=CCCC(=O)Nc1cccc(F)c1I. The van der Waals surface area contributed by atoms with Gasteiger partial charge in [0.1, 0.15) is 5.82 Å². The van der Waals surface area contributed by atoms with Crippen molar-refractivity contribution in [3.8, 4) is 0 Å². The Morgan fingerprint density at radius 3 is 3.00 bits per heavy atom. The smallest absolute Gasteiger partial charge is 0.224 e. The fourth-order valence-corrected chi connectivity index (χ4v) is 1.54. The Morgan fingerprint density at radius 2 is 2.33 bits per heavy atom. The molecule has 1 N–H and O–H groups in total. The third-order valence-electron chi connectivity index (χ3n) is 1.80. The Balaban J connectivity index is 2.68. The maximum Gasteiger partial charge on any atom is 0.224 e. The average Bonchev–Trinajstić information content (AvgIpc) is 2.22. The molecule has 0 bridgehead atoms. The van der Waals surface area contributed by atoms with E-state index < -0.39 is 0 Å². The van der Waals surface area contributed by atoms with Crippen molar-refractivity contribution in [1.29, 1.82) is 0 Å². The number of hydrogen-bond donors (Lipinski definition) is 1. The molecule has 0 atom stereocenters. The molecule has 15 heavy (non-hydrogen) atoms. The van der Waals surface area contributed by atoms with Crippen LogP contribution in [0.15, 0.2) is 30.9 Å². The Labute approximate surface area is 102 Å². The summed E-state index contributed by atoms with van der Waals surface area (Å²) in [5, 5.41) is 2.65. The zero-order valence-electron chi connectivity index (χ0n) is 8.09. The summed E-state index contributed by atoms with van der Waals surface area (Å²) in [6.07, 6.45) is 2.67. The molecule has 0 saturated heterocycles. The van der Waals surface area contributed by atoms with E-state index in [1.165, 1.54) is 6.07 Å². The van der Waals surface area contributed by atoms with E-state index in [1.807, 2.05) is 22.6 Å². The van der Waals surface area contributed by atoms with E-state index in [-0.39, 0.29) is 11.7 Å². The predicted molar refractivity (Wildman–Crippen MR) is 67.2 cm³/mol. The number of halogens is 2. The first-order valence-corrected chi connectivity index (χ1v) is 5.57. The number of amides is 1. The second kappa shape index (κ2) is 5.85. The highest BCUT2D eigenvalue weighted by molar-refractivity contribution is 14.1. The van der Waals surface area contributed by atoms with Crippen LogP contribution in [0.5, 0.6) is 0 Å². The lowest BCUT2D eigenvalue weighted by molar-refractivity contribution is -0.116. The van der Waals surface area contributed by atoms with Crippen molar-refractivity contribution < 1.29 is 9.18 Å². The number of rotatable bonds is 4. The van der Waals surface area contributed by atoms with Crippen LogP contribution in [-0.4, -0.2) is 5.91 Å². The summed E-state index contributed by atoms with van der Waals surface area (Å²) in [5.41, 5.74) is 0.518. The monoisotopic (exact) mass is 319 g/mol. The van der Waals surface area contributed by atoms with Crippen LogP contribution in [0.25, 0.3) is 0 Å². The topological polar surface area (TPSA) is 29.1 Å². The molecule has 0 aromatic heterocycles. The number of carbonyl (C=O) groups excluding carboxylic acids is 1. The molecular weight excluding hydrogens is 308 g/mol. The Morgan fingerprint density at radius 1 is 1.60 bits per heavy atom. The van der Waals surface area contributed by atoms with Crippen LogP contribution in [0.4, 0.5) is 10.1 Å². The summed E-state index contributed by atoms with van der Waals surface area (Å²) in [7, 11) is 0. The number of anilines is 1. The molecule has 1 aromatic carbocycles. The summed E-state index contributed by atoms with van der Waals surface area (Å²) < 4.78 is 13.5. The van der Waals surface area contributed by atoms with Gasteiger partial charge in [0.2, 0.25) is 5.91 Å². The number of allylic oxidation sites excluding steroid dienone is 1. The van der Waals surface area contributed by atoms with Crippen LogP contribution in [-0.2, 0) is 4.79 Å². The molecule has 0 aliphatic rings. The molecule has 0 radical (unpaired) electrons. The Hall–Kier alpha value is -0.910. The molecule has 80 valence electrons. The lowest BCUT2D eigenvalue weighted by atomic mass is 10.2. The quantitative estimate of drug-likeness (QED) is 0.669. The van der Waals surface area contributed by atoms with E-state index in [1.54, 1.807) is 18.2 Å². The van der Waals surface area contributed by atoms with Gasteiger partial charge in [-0.25, -0.2) is 4.39 Å². The largest absolute Gasteiger partial charge is 0.325 e. The van der Waals surface area contributed by atoms with E-state index in [4.69, 9.17) is 0 Å². The first-order valence-electron chi connectivity index (χ1n) is 4.50. The maximum atomic E-state index is 13.1. The molecule has 2 nitrogen and oxygen atoms in total. The van der Waals surface area contributed by atoms with Gasteiger partial charge in [-0.1, -0.05) is 12.1 Å². The minimum absolute atomic E-state index is 0.126. The molecule has 0 aliphatic heterocycles. The predicted octanol–water partition coefficient (Wildman–Crippen LogP) is 3.34. The van der Waals surface area contributed by atoms with Crippen LogP contribution < -0.4 is 5.32 Å². The van der Waals surface area contributed by atoms with Gasteiger partial charge in [-0.3, -0.25) is 4.79 Å². The third kappa shape index (κ3) is 3.62. The third-order valence-corrected chi connectivity index (χ3v) is 2.90. The van der Waals surface area contributed by atoms with Gasteiger partial charge < -0.3 is 5.32 Å². The zero-order chi connectivity index (χ0) is 11.3. The van der Waals surface area contributed by atoms with Crippen LogP contribution in [0.2, 0.25) is 0 Å². The molecule has 0 saturated carbocycles. The maximum absolute atomic E-state index is 13.1.